The van der Waals surface area contributed by atoms with E-state index in [1.165, 1.54) is 0 Å². The zero-order valence-corrected chi connectivity index (χ0v) is 8.69. The number of thiophene rings is 1. The van der Waals surface area contributed by atoms with Crippen LogP contribution in [0.15, 0.2) is 15.2 Å². The molecule has 12 heavy (non-hydrogen) atoms. The maximum Gasteiger partial charge on any atom is 0.219 e. The first kappa shape index (κ1) is 9.70. The first-order valence-electron chi connectivity index (χ1n) is 3.38. The third-order valence-corrected chi connectivity index (χ3v) is 3.20. The average Bonchev–Trinajstić information content (AvgIpc) is 2.33. The van der Waals surface area contributed by atoms with Gasteiger partial charge in [-0.15, -0.1) is 11.3 Å². The van der Waals surface area contributed by atoms with Crippen molar-refractivity contribution >= 4 is 33.2 Å². The van der Waals surface area contributed by atoms with Crippen LogP contribution in [0.3, 0.4) is 0 Å². The van der Waals surface area contributed by atoms with Crippen molar-refractivity contribution in [2.24, 2.45) is 11.5 Å². The molecule has 3 nitrogen and oxygen atoms in total. The van der Waals surface area contributed by atoms with Crippen LogP contribution in [0.1, 0.15) is 18.0 Å². The van der Waals surface area contributed by atoms with E-state index < -0.39 is 0 Å². The lowest BCUT2D eigenvalue weighted by Gasteiger charge is -2.07. The van der Waals surface area contributed by atoms with Crippen LogP contribution in [0.5, 0.6) is 0 Å². The third kappa shape index (κ3) is 2.30. The van der Waals surface area contributed by atoms with Gasteiger partial charge in [-0.3, -0.25) is 4.79 Å². The molecule has 0 saturated heterocycles. The van der Waals surface area contributed by atoms with Gasteiger partial charge in [-0.1, -0.05) is 0 Å². The van der Waals surface area contributed by atoms with Gasteiger partial charge < -0.3 is 11.5 Å². The maximum absolute atomic E-state index is 10.5. The summed E-state index contributed by atoms with van der Waals surface area (Å²) in [4.78, 5) is 10.5. The Labute approximate surface area is 82.9 Å². The highest BCUT2D eigenvalue weighted by Gasteiger charge is 2.12. The zero-order valence-electron chi connectivity index (χ0n) is 6.29. The fraction of sp³-hybridized carbons (Fsp3) is 0.286. The number of hydrogen-bond acceptors (Lipinski definition) is 3. The van der Waals surface area contributed by atoms with Crippen LogP contribution in [0, 0.1) is 0 Å². The lowest BCUT2D eigenvalue weighted by molar-refractivity contribution is -0.118. The molecule has 0 aliphatic rings. The summed E-state index contributed by atoms with van der Waals surface area (Å²) in [6.45, 7) is 0. The van der Waals surface area contributed by atoms with Crippen molar-refractivity contribution in [1.29, 1.82) is 0 Å². The van der Waals surface area contributed by atoms with Crippen LogP contribution < -0.4 is 11.5 Å². The average molecular weight is 249 g/mol. The van der Waals surface area contributed by atoms with E-state index in [2.05, 4.69) is 15.9 Å². The smallest absolute Gasteiger partial charge is 0.219 e. The number of rotatable bonds is 3. The summed E-state index contributed by atoms with van der Waals surface area (Å²) in [5, 5.41) is 1.92. The Bertz CT molecular complexity index is 287. The molecule has 0 saturated carbocycles. The molecule has 0 spiro atoms. The Morgan fingerprint density at radius 1 is 1.75 bits per heavy atom. The van der Waals surface area contributed by atoms with Gasteiger partial charge in [-0.25, -0.2) is 0 Å². The lowest BCUT2D eigenvalue weighted by Crippen LogP contribution is -2.20. The maximum atomic E-state index is 10.5. The summed E-state index contributed by atoms with van der Waals surface area (Å²) in [7, 11) is 0. The van der Waals surface area contributed by atoms with Crippen LogP contribution in [0.25, 0.3) is 0 Å². The van der Waals surface area contributed by atoms with Gasteiger partial charge in [0.15, 0.2) is 0 Å². The minimum atomic E-state index is -0.374. The SMILES string of the molecule is NC(=O)C[C@@H](N)c1ccsc1Br. The number of nitrogens with two attached hydrogens (primary N) is 2. The second-order valence-electron chi connectivity index (χ2n) is 2.43. The van der Waals surface area contributed by atoms with Gasteiger partial charge in [-0.2, -0.15) is 0 Å². The molecule has 0 aromatic carbocycles. The van der Waals surface area contributed by atoms with Gasteiger partial charge in [0.25, 0.3) is 0 Å². The summed E-state index contributed by atoms with van der Waals surface area (Å²) in [5.41, 5.74) is 11.7. The standard InChI is InChI=1S/C7H9BrN2OS/c8-7-4(1-2-12-7)5(9)3-6(10)11/h1-2,5H,3,9H2,(H2,10,11)/t5-/m1/s1. The molecule has 0 radical (unpaired) electrons. The number of amides is 1. The molecule has 0 aliphatic carbocycles. The van der Waals surface area contributed by atoms with Crippen molar-refractivity contribution in [3.8, 4) is 0 Å². The van der Waals surface area contributed by atoms with Crippen LogP contribution in [-0.2, 0) is 4.79 Å². The summed E-state index contributed by atoms with van der Waals surface area (Å²) >= 11 is 4.89. The monoisotopic (exact) mass is 248 g/mol. The van der Waals surface area contributed by atoms with E-state index in [-0.39, 0.29) is 18.4 Å². The molecule has 0 unspecified atom stereocenters. The first-order chi connectivity index (χ1) is 5.61. The largest absolute Gasteiger partial charge is 0.370 e. The van der Waals surface area contributed by atoms with Crippen LogP contribution >= 0.6 is 27.3 Å². The molecular formula is C7H9BrN2OS. The molecule has 1 aromatic rings. The topological polar surface area (TPSA) is 69.1 Å². The van der Waals surface area contributed by atoms with E-state index in [9.17, 15) is 4.79 Å². The number of primary amides is 1. The Kier molecular flexibility index (Phi) is 3.25. The third-order valence-electron chi connectivity index (χ3n) is 1.47. The quantitative estimate of drug-likeness (QED) is 0.849. The Balaban J connectivity index is 2.71. The number of carbonyl (C=O) groups is 1. The molecule has 0 aliphatic heterocycles. The fourth-order valence-corrected chi connectivity index (χ4v) is 2.34. The molecule has 0 bridgehead atoms. The van der Waals surface area contributed by atoms with Crippen molar-refractivity contribution in [1.82, 2.24) is 0 Å². The summed E-state index contributed by atoms with van der Waals surface area (Å²) in [6, 6.07) is 1.60. The van der Waals surface area contributed by atoms with Gasteiger partial charge in [0.1, 0.15) is 0 Å². The van der Waals surface area contributed by atoms with Crippen molar-refractivity contribution in [2.45, 2.75) is 12.5 Å². The minimum absolute atomic E-state index is 0.190. The van der Waals surface area contributed by atoms with Crippen molar-refractivity contribution in [3.63, 3.8) is 0 Å². The second kappa shape index (κ2) is 4.02. The van der Waals surface area contributed by atoms with Crippen molar-refractivity contribution in [3.05, 3.63) is 20.8 Å². The summed E-state index contributed by atoms with van der Waals surface area (Å²) in [5.74, 6) is -0.374. The molecule has 66 valence electrons. The minimum Gasteiger partial charge on any atom is -0.370 e. The Morgan fingerprint density at radius 3 is 2.83 bits per heavy atom. The van der Waals surface area contributed by atoms with Crippen molar-refractivity contribution < 1.29 is 4.79 Å². The van der Waals surface area contributed by atoms with Crippen LogP contribution in [0.4, 0.5) is 0 Å². The van der Waals surface area contributed by atoms with Crippen LogP contribution in [-0.4, -0.2) is 5.91 Å². The van der Waals surface area contributed by atoms with Gasteiger partial charge in [-0.05, 0) is 32.9 Å². The normalized spacial score (nSPS) is 12.8. The van der Waals surface area contributed by atoms with E-state index in [1.54, 1.807) is 11.3 Å². The molecule has 1 amide bonds. The molecule has 1 rings (SSSR count). The number of carbonyl (C=O) groups excluding carboxylic acids is 1. The van der Waals surface area contributed by atoms with Gasteiger partial charge in [0, 0.05) is 12.5 Å². The van der Waals surface area contributed by atoms with Crippen molar-refractivity contribution in [2.75, 3.05) is 0 Å². The van der Waals surface area contributed by atoms with Gasteiger partial charge >= 0.3 is 0 Å². The van der Waals surface area contributed by atoms with Gasteiger partial charge in [0.2, 0.25) is 5.91 Å². The Hall–Kier alpha value is -0.390. The van der Waals surface area contributed by atoms with E-state index in [0.29, 0.717) is 0 Å². The van der Waals surface area contributed by atoms with Crippen LogP contribution in [0.2, 0.25) is 0 Å². The molecule has 5 heteroatoms. The number of halogens is 1. The first-order valence-corrected chi connectivity index (χ1v) is 5.05. The van der Waals surface area contributed by atoms with E-state index in [0.717, 1.165) is 9.35 Å². The van der Waals surface area contributed by atoms with Gasteiger partial charge in [0.05, 0.1) is 3.79 Å². The molecule has 1 atom stereocenters. The number of hydrogen-bond donors (Lipinski definition) is 2. The fourth-order valence-electron chi connectivity index (χ4n) is 0.897. The highest BCUT2D eigenvalue weighted by molar-refractivity contribution is 9.11. The molecule has 4 N–H and O–H groups in total. The highest BCUT2D eigenvalue weighted by Crippen LogP contribution is 2.28. The second-order valence-corrected chi connectivity index (χ2v) is 4.66. The predicted octanol–water partition coefficient (Wildman–Crippen LogP) is 1.39. The summed E-state index contributed by atoms with van der Waals surface area (Å²) in [6.07, 6.45) is 0.190. The Morgan fingerprint density at radius 2 is 2.42 bits per heavy atom. The highest BCUT2D eigenvalue weighted by atomic mass is 79.9. The molecular weight excluding hydrogens is 240 g/mol. The molecule has 0 fully saturated rings. The lowest BCUT2D eigenvalue weighted by atomic mass is 10.1. The molecule has 1 heterocycles. The summed E-state index contributed by atoms with van der Waals surface area (Å²) < 4.78 is 0.969. The van der Waals surface area contributed by atoms with E-state index in [4.69, 9.17) is 11.5 Å². The van der Waals surface area contributed by atoms with E-state index in [1.807, 2.05) is 11.4 Å². The van der Waals surface area contributed by atoms with E-state index >= 15 is 0 Å². The predicted molar refractivity (Wildman–Crippen MR) is 52.8 cm³/mol. The molecule has 1 aromatic heterocycles. The zero-order chi connectivity index (χ0) is 9.14.